The summed E-state index contributed by atoms with van der Waals surface area (Å²) in [5, 5.41) is 2.88. The topological polar surface area (TPSA) is 86.8 Å². The van der Waals surface area contributed by atoms with Gasteiger partial charge < -0.3 is 10.2 Å². The van der Waals surface area contributed by atoms with Gasteiger partial charge in [0.05, 0.1) is 4.90 Å². The Bertz CT molecular complexity index is 1030. The van der Waals surface area contributed by atoms with Gasteiger partial charge in [-0.05, 0) is 42.7 Å². The number of amides is 2. The first kappa shape index (κ1) is 21.5. The molecule has 164 valence electrons. The molecule has 0 bridgehead atoms. The van der Waals surface area contributed by atoms with Crippen molar-refractivity contribution >= 4 is 21.8 Å². The molecule has 0 aromatic heterocycles. The van der Waals surface area contributed by atoms with Gasteiger partial charge in [-0.3, -0.25) is 9.59 Å². The summed E-state index contributed by atoms with van der Waals surface area (Å²) in [6, 6.07) is 15.9. The minimum Gasteiger partial charge on any atom is -0.352 e. The van der Waals surface area contributed by atoms with Crippen LogP contribution in [-0.4, -0.2) is 55.6 Å². The number of likely N-dealkylation sites (tertiary alicyclic amines) is 1. The van der Waals surface area contributed by atoms with Crippen LogP contribution in [0.15, 0.2) is 59.5 Å². The molecule has 2 amide bonds. The lowest BCUT2D eigenvalue weighted by Gasteiger charge is -2.17. The molecule has 7 nitrogen and oxygen atoms in total. The fraction of sp³-hybridized carbons (Fsp3) is 0.391. The van der Waals surface area contributed by atoms with E-state index in [0.29, 0.717) is 44.7 Å². The molecule has 31 heavy (non-hydrogen) atoms. The van der Waals surface area contributed by atoms with Gasteiger partial charge in [0.2, 0.25) is 15.9 Å². The van der Waals surface area contributed by atoms with Crippen LogP contribution in [0, 0.1) is 5.92 Å². The summed E-state index contributed by atoms with van der Waals surface area (Å²) in [5.74, 6) is -0.103. The molecule has 8 heteroatoms. The van der Waals surface area contributed by atoms with Crippen molar-refractivity contribution in [1.82, 2.24) is 14.5 Å². The number of rotatable bonds is 7. The van der Waals surface area contributed by atoms with Gasteiger partial charge >= 0.3 is 0 Å². The van der Waals surface area contributed by atoms with E-state index in [1.807, 2.05) is 35.2 Å². The largest absolute Gasteiger partial charge is 0.352 e. The van der Waals surface area contributed by atoms with Crippen LogP contribution in [0.4, 0.5) is 0 Å². The molecule has 0 radical (unpaired) electrons. The Balaban J connectivity index is 1.30. The Morgan fingerprint density at radius 2 is 1.68 bits per heavy atom. The van der Waals surface area contributed by atoms with Gasteiger partial charge in [0.25, 0.3) is 5.91 Å². The molecule has 4 rings (SSSR count). The molecular weight excluding hydrogens is 414 g/mol. The number of hydrogen-bond donors (Lipinski definition) is 1. The predicted octanol–water partition coefficient (Wildman–Crippen LogP) is 2.25. The Morgan fingerprint density at radius 1 is 1.00 bits per heavy atom. The smallest absolute Gasteiger partial charge is 0.251 e. The minimum absolute atomic E-state index is 0.0648. The van der Waals surface area contributed by atoms with Gasteiger partial charge in [0.1, 0.15) is 0 Å². The molecular formula is C23H27N3O4S. The van der Waals surface area contributed by atoms with Crippen molar-refractivity contribution in [1.29, 1.82) is 0 Å². The number of hydrogen-bond acceptors (Lipinski definition) is 4. The Morgan fingerprint density at radius 3 is 2.35 bits per heavy atom. The van der Waals surface area contributed by atoms with Gasteiger partial charge in [-0.2, -0.15) is 4.31 Å². The molecule has 1 N–H and O–H groups in total. The van der Waals surface area contributed by atoms with E-state index >= 15 is 0 Å². The monoisotopic (exact) mass is 441 g/mol. The third kappa shape index (κ3) is 4.97. The fourth-order valence-corrected chi connectivity index (χ4v) is 5.66. The van der Waals surface area contributed by atoms with E-state index in [2.05, 4.69) is 5.32 Å². The van der Waals surface area contributed by atoms with Gasteiger partial charge in [0.15, 0.2) is 0 Å². The standard InChI is InChI=1S/C23H27N3O4S/c27-22-14-19(17-25(22)16-18-6-2-1-3-7-18)15-24-23(28)20-8-10-21(11-9-20)31(29,30)26-12-4-5-13-26/h1-3,6-11,19H,4-5,12-17H2,(H,24,28). The maximum Gasteiger partial charge on any atom is 0.251 e. The maximum atomic E-state index is 12.6. The van der Waals surface area contributed by atoms with Crippen LogP contribution in [-0.2, 0) is 21.4 Å². The van der Waals surface area contributed by atoms with E-state index in [1.54, 1.807) is 12.1 Å². The lowest BCUT2D eigenvalue weighted by atomic mass is 10.1. The van der Waals surface area contributed by atoms with Crippen LogP contribution in [0.2, 0.25) is 0 Å². The quantitative estimate of drug-likeness (QED) is 0.714. The van der Waals surface area contributed by atoms with Crippen molar-refractivity contribution in [3.63, 3.8) is 0 Å². The first-order chi connectivity index (χ1) is 14.9. The van der Waals surface area contributed by atoms with E-state index < -0.39 is 10.0 Å². The highest BCUT2D eigenvalue weighted by Crippen LogP contribution is 2.22. The second kappa shape index (κ2) is 9.20. The van der Waals surface area contributed by atoms with Gasteiger partial charge in [-0.25, -0.2) is 8.42 Å². The van der Waals surface area contributed by atoms with Crippen LogP contribution in [0.1, 0.15) is 35.2 Å². The van der Waals surface area contributed by atoms with Crippen LogP contribution >= 0.6 is 0 Å². The highest BCUT2D eigenvalue weighted by Gasteiger charge is 2.30. The Labute approximate surface area is 183 Å². The molecule has 2 heterocycles. The molecule has 1 unspecified atom stereocenters. The van der Waals surface area contributed by atoms with Crippen molar-refractivity contribution < 1.29 is 18.0 Å². The average Bonchev–Trinajstić information content (AvgIpc) is 3.44. The lowest BCUT2D eigenvalue weighted by molar-refractivity contribution is -0.128. The second-order valence-corrected chi connectivity index (χ2v) is 10.1. The van der Waals surface area contributed by atoms with E-state index in [9.17, 15) is 18.0 Å². The molecule has 2 aliphatic rings. The summed E-state index contributed by atoms with van der Waals surface area (Å²) in [6.45, 7) is 2.69. The zero-order valence-electron chi connectivity index (χ0n) is 17.4. The normalized spacial score (nSPS) is 19.7. The summed E-state index contributed by atoms with van der Waals surface area (Å²) in [4.78, 5) is 26.8. The second-order valence-electron chi connectivity index (χ2n) is 8.18. The highest BCUT2D eigenvalue weighted by atomic mass is 32.2. The van der Waals surface area contributed by atoms with E-state index in [0.717, 1.165) is 18.4 Å². The number of nitrogens with zero attached hydrogens (tertiary/aromatic N) is 2. The van der Waals surface area contributed by atoms with Gasteiger partial charge in [-0.15, -0.1) is 0 Å². The molecule has 2 aliphatic heterocycles. The summed E-state index contributed by atoms with van der Waals surface area (Å²) in [5.41, 5.74) is 1.50. The van der Waals surface area contributed by atoms with E-state index in [-0.39, 0.29) is 22.6 Å². The molecule has 2 saturated heterocycles. The molecule has 1 atom stereocenters. The molecule has 0 aliphatic carbocycles. The van der Waals surface area contributed by atoms with E-state index in [4.69, 9.17) is 0 Å². The lowest BCUT2D eigenvalue weighted by Crippen LogP contribution is -2.31. The van der Waals surface area contributed by atoms with Crippen LogP contribution in [0.25, 0.3) is 0 Å². The van der Waals surface area contributed by atoms with Gasteiger partial charge in [-0.1, -0.05) is 30.3 Å². The molecule has 2 aromatic carbocycles. The third-order valence-corrected chi connectivity index (χ3v) is 7.79. The summed E-state index contributed by atoms with van der Waals surface area (Å²) < 4.78 is 26.7. The van der Waals surface area contributed by atoms with E-state index in [1.165, 1.54) is 16.4 Å². The number of carbonyl (C=O) groups is 2. The van der Waals surface area contributed by atoms with Crippen LogP contribution in [0.3, 0.4) is 0 Å². The summed E-state index contributed by atoms with van der Waals surface area (Å²) in [7, 11) is -3.49. The predicted molar refractivity (Wildman–Crippen MR) is 117 cm³/mol. The van der Waals surface area contributed by atoms with Crippen molar-refractivity contribution in [3.05, 3.63) is 65.7 Å². The molecule has 2 fully saturated rings. The zero-order chi connectivity index (χ0) is 21.8. The molecule has 0 saturated carbocycles. The first-order valence-electron chi connectivity index (χ1n) is 10.6. The highest BCUT2D eigenvalue weighted by molar-refractivity contribution is 7.89. The SMILES string of the molecule is O=C(NCC1CC(=O)N(Cc2ccccc2)C1)c1ccc(S(=O)(=O)N2CCCC2)cc1. The average molecular weight is 442 g/mol. The van der Waals surface area contributed by atoms with Crippen molar-refractivity contribution in [2.45, 2.75) is 30.7 Å². The van der Waals surface area contributed by atoms with Crippen molar-refractivity contribution in [2.24, 2.45) is 5.92 Å². The molecule has 2 aromatic rings. The van der Waals surface area contributed by atoms with Gasteiger partial charge in [0, 0.05) is 50.6 Å². The van der Waals surface area contributed by atoms with Crippen LogP contribution in [0.5, 0.6) is 0 Å². The minimum atomic E-state index is -3.49. The zero-order valence-corrected chi connectivity index (χ0v) is 18.2. The first-order valence-corrected chi connectivity index (χ1v) is 12.1. The number of nitrogens with one attached hydrogen (secondary N) is 1. The Kier molecular flexibility index (Phi) is 6.38. The fourth-order valence-electron chi connectivity index (χ4n) is 4.14. The third-order valence-electron chi connectivity index (χ3n) is 5.88. The van der Waals surface area contributed by atoms with Crippen molar-refractivity contribution in [2.75, 3.05) is 26.2 Å². The maximum absolute atomic E-state index is 12.6. The summed E-state index contributed by atoms with van der Waals surface area (Å²) in [6.07, 6.45) is 2.18. The molecule has 0 spiro atoms. The number of sulfonamides is 1. The summed E-state index contributed by atoms with van der Waals surface area (Å²) >= 11 is 0. The Hall–Kier alpha value is -2.71. The number of benzene rings is 2. The van der Waals surface area contributed by atoms with Crippen molar-refractivity contribution in [3.8, 4) is 0 Å². The van der Waals surface area contributed by atoms with Crippen LogP contribution < -0.4 is 5.32 Å². The number of carbonyl (C=O) groups excluding carboxylic acids is 2.